The molecule has 0 amide bonds. The molecule has 0 saturated carbocycles. The van der Waals surface area contributed by atoms with Crippen molar-refractivity contribution in [1.82, 2.24) is 0 Å². The van der Waals surface area contributed by atoms with Crippen LogP contribution < -0.4 is 4.90 Å². The van der Waals surface area contributed by atoms with Crippen LogP contribution in [0.4, 0.5) is 18.9 Å². The van der Waals surface area contributed by atoms with Gasteiger partial charge in [0, 0.05) is 17.6 Å². The summed E-state index contributed by atoms with van der Waals surface area (Å²) >= 11 is 3.34. The van der Waals surface area contributed by atoms with Gasteiger partial charge in [-0.25, -0.2) is 0 Å². The molecule has 1 aliphatic rings. The zero-order valence-corrected chi connectivity index (χ0v) is 11.7. The lowest BCUT2D eigenvalue weighted by Gasteiger charge is -2.33. The zero-order chi connectivity index (χ0) is 13.3. The molecule has 1 fully saturated rings. The average molecular weight is 322 g/mol. The van der Waals surface area contributed by atoms with E-state index in [4.69, 9.17) is 0 Å². The smallest absolute Gasteiger partial charge is 0.371 e. The van der Waals surface area contributed by atoms with Gasteiger partial charge in [0.05, 0.1) is 11.3 Å². The summed E-state index contributed by atoms with van der Waals surface area (Å²) in [6, 6.07) is 3.83. The van der Waals surface area contributed by atoms with Crippen LogP contribution in [0.25, 0.3) is 0 Å². The van der Waals surface area contributed by atoms with Gasteiger partial charge in [-0.15, -0.1) is 0 Å². The van der Waals surface area contributed by atoms with Gasteiger partial charge in [0.25, 0.3) is 0 Å². The molecule has 5 heteroatoms. The molecular formula is C13H15BrF3N. The van der Waals surface area contributed by atoms with Crippen molar-refractivity contribution >= 4 is 21.6 Å². The zero-order valence-electron chi connectivity index (χ0n) is 10.1. The highest BCUT2D eigenvalue weighted by atomic mass is 79.9. The van der Waals surface area contributed by atoms with Gasteiger partial charge in [0.15, 0.2) is 0 Å². The van der Waals surface area contributed by atoms with Crippen LogP contribution in [0.1, 0.15) is 25.3 Å². The summed E-state index contributed by atoms with van der Waals surface area (Å²) in [7, 11) is 0. The number of nitrogens with zero attached hydrogens (tertiary/aromatic N) is 1. The van der Waals surface area contributed by atoms with Crippen molar-refractivity contribution in [2.45, 2.75) is 25.9 Å². The number of halogens is 4. The summed E-state index contributed by atoms with van der Waals surface area (Å²) in [6.45, 7) is 3.82. The minimum absolute atomic E-state index is 0.584. The molecule has 1 nitrogen and oxygen atoms in total. The predicted molar refractivity (Wildman–Crippen MR) is 69.8 cm³/mol. The van der Waals surface area contributed by atoms with Crippen LogP contribution in [0.15, 0.2) is 22.7 Å². The van der Waals surface area contributed by atoms with Gasteiger partial charge in [0.2, 0.25) is 0 Å². The molecule has 0 aliphatic carbocycles. The van der Waals surface area contributed by atoms with E-state index in [-0.39, 0.29) is 0 Å². The van der Waals surface area contributed by atoms with Crippen LogP contribution >= 0.6 is 15.9 Å². The van der Waals surface area contributed by atoms with Gasteiger partial charge >= 0.3 is 6.18 Å². The maximum Gasteiger partial charge on any atom is 0.416 e. The Morgan fingerprint density at radius 2 is 1.83 bits per heavy atom. The number of piperidine rings is 1. The summed E-state index contributed by atoms with van der Waals surface area (Å²) in [4.78, 5) is 2.03. The molecule has 0 radical (unpaired) electrons. The highest BCUT2D eigenvalue weighted by molar-refractivity contribution is 9.10. The van der Waals surface area contributed by atoms with E-state index < -0.39 is 11.7 Å². The van der Waals surface area contributed by atoms with E-state index in [9.17, 15) is 13.2 Å². The summed E-state index contributed by atoms with van der Waals surface area (Å²) in [5.41, 5.74) is 0.0658. The lowest BCUT2D eigenvalue weighted by Crippen LogP contribution is -2.33. The van der Waals surface area contributed by atoms with Crippen LogP contribution in [-0.2, 0) is 6.18 Å². The fraction of sp³-hybridized carbons (Fsp3) is 0.538. The number of hydrogen-bond acceptors (Lipinski definition) is 1. The highest BCUT2D eigenvalue weighted by Gasteiger charge is 2.31. The second kappa shape index (κ2) is 5.11. The Balaban J connectivity index is 2.27. The van der Waals surface area contributed by atoms with Gasteiger partial charge in [-0.1, -0.05) is 6.92 Å². The van der Waals surface area contributed by atoms with Gasteiger partial charge in [-0.3, -0.25) is 0 Å². The summed E-state index contributed by atoms with van der Waals surface area (Å²) < 4.78 is 38.8. The quantitative estimate of drug-likeness (QED) is 0.724. The third-order valence-corrected chi connectivity index (χ3v) is 4.07. The van der Waals surface area contributed by atoms with Crippen LogP contribution in [0, 0.1) is 5.92 Å². The third kappa shape index (κ3) is 2.99. The van der Waals surface area contributed by atoms with Gasteiger partial charge in [0.1, 0.15) is 0 Å². The first-order valence-electron chi connectivity index (χ1n) is 5.99. The Bertz CT molecular complexity index is 423. The van der Waals surface area contributed by atoms with E-state index in [0.29, 0.717) is 11.6 Å². The maximum atomic E-state index is 12.7. The van der Waals surface area contributed by atoms with Gasteiger partial charge in [-0.2, -0.15) is 13.2 Å². The molecule has 1 saturated heterocycles. The monoisotopic (exact) mass is 321 g/mol. The lowest BCUT2D eigenvalue weighted by atomic mass is 9.98. The molecule has 1 heterocycles. The van der Waals surface area contributed by atoms with Gasteiger partial charge in [-0.05, 0) is 52.9 Å². The molecule has 2 rings (SSSR count). The lowest BCUT2D eigenvalue weighted by molar-refractivity contribution is -0.137. The molecule has 0 aromatic heterocycles. The normalized spacial score (nSPS) is 18.2. The van der Waals surface area contributed by atoms with Crippen molar-refractivity contribution in [1.29, 1.82) is 0 Å². The first-order valence-corrected chi connectivity index (χ1v) is 6.79. The molecule has 0 unspecified atom stereocenters. The van der Waals surface area contributed by atoms with E-state index in [1.54, 1.807) is 0 Å². The number of hydrogen-bond donors (Lipinski definition) is 0. The van der Waals surface area contributed by atoms with E-state index in [1.165, 1.54) is 12.1 Å². The predicted octanol–water partition coefficient (Wildman–Crippen LogP) is 4.70. The molecule has 1 aromatic carbocycles. The Morgan fingerprint density at radius 3 is 2.39 bits per heavy atom. The number of benzene rings is 1. The summed E-state index contributed by atoms with van der Waals surface area (Å²) in [5.74, 6) is 0.658. The molecule has 0 bridgehead atoms. The minimum atomic E-state index is -4.28. The van der Waals surface area contributed by atoms with E-state index in [1.807, 2.05) is 4.90 Å². The highest BCUT2D eigenvalue weighted by Crippen LogP contribution is 2.36. The van der Waals surface area contributed by atoms with Crippen molar-refractivity contribution in [2.75, 3.05) is 18.0 Å². The van der Waals surface area contributed by atoms with E-state index in [0.717, 1.165) is 36.5 Å². The number of anilines is 1. The summed E-state index contributed by atoms with van der Waals surface area (Å²) in [5, 5.41) is 0. The minimum Gasteiger partial charge on any atom is -0.371 e. The first kappa shape index (κ1) is 13.7. The van der Waals surface area contributed by atoms with Crippen LogP contribution in [0.3, 0.4) is 0 Å². The first-order chi connectivity index (χ1) is 8.38. The fourth-order valence-electron chi connectivity index (χ4n) is 2.18. The SMILES string of the molecule is CC1CCN(c2cc(C(F)(F)F)ccc2Br)CC1. The van der Waals surface area contributed by atoms with Gasteiger partial charge < -0.3 is 4.90 Å². The molecule has 18 heavy (non-hydrogen) atoms. The Hall–Kier alpha value is -0.710. The third-order valence-electron chi connectivity index (χ3n) is 3.40. The number of alkyl halides is 3. The molecule has 1 aliphatic heterocycles. The molecule has 0 atom stereocenters. The molecule has 100 valence electrons. The average Bonchev–Trinajstić information content (AvgIpc) is 2.29. The largest absolute Gasteiger partial charge is 0.416 e. The van der Waals surface area contributed by atoms with Crippen LogP contribution in [-0.4, -0.2) is 13.1 Å². The maximum absolute atomic E-state index is 12.7. The Kier molecular flexibility index (Phi) is 3.90. The second-order valence-corrected chi connectivity index (χ2v) is 5.69. The molecule has 1 aromatic rings. The second-order valence-electron chi connectivity index (χ2n) is 4.83. The van der Waals surface area contributed by atoms with Crippen LogP contribution in [0.5, 0.6) is 0 Å². The topological polar surface area (TPSA) is 3.24 Å². The summed E-state index contributed by atoms with van der Waals surface area (Å²) in [6.07, 6.45) is -2.22. The van der Waals surface area contributed by atoms with Crippen molar-refractivity contribution in [3.05, 3.63) is 28.2 Å². The Morgan fingerprint density at radius 1 is 1.22 bits per heavy atom. The number of rotatable bonds is 1. The van der Waals surface area contributed by atoms with E-state index in [2.05, 4.69) is 22.9 Å². The van der Waals surface area contributed by atoms with Crippen LogP contribution in [0.2, 0.25) is 0 Å². The molecule has 0 spiro atoms. The van der Waals surface area contributed by atoms with Crippen molar-refractivity contribution in [3.8, 4) is 0 Å². The fourth-order valence-corrected chi connectivity index (χ4v) is 2.68. The standard InChI is InChI=1S/C13H15BrF3N/c1-9-4-6-18(7-5-9)12-8-10(13(15,16)17)2-3-11(12)14/h2-3,8-9H,4-7H2,1H3. The molecule has 0 N–H and O–H groups in total. The van der Waals surface area contributed by atoms with Crippen molar-refractivity contribution in [2.24, 2.45) is 5.92 Å². The molecular weight excluding hydrogens is 307 g/mol. The Labute approximate surface area is 113 Å². The van der Waals surface area contributed by atoms with Crippen molar-refractivity contribution < 1.29 is 13.2 Å². The van der Waals surface area contributed by atoms with E-state index >= 15 is 0 Å². The van der Waals surface area contributed by atoms with Crippen molar-refractivity contribution in [3.63, 3.8) is 0 Å².